The van der Waals surface area contributed by atoms with Gasteiger partial charge in [-0.3, -0.25) is 14.9 Å². The molecule has 0 unspecified atom stereocenters. The summed E-state index contributed by atoms with van der Waals surface area (Å²) in [5.41, 5.74) is 4.97. The van der Waals surface area contributed by atoms with Gasteiger partial charge in [-0.2, -0.15) is 0 Å². The van der Waals surface area contributed by atoms with Gasteiger partial charge in [0.1, 0.15) is 0 Å². The van der Waals surface area contributed by atoms with Gasteiger partial charge in [-0.1, -0.05) is 6.07 Å². The van der Waals surface area contributed by atoms with Crippen LogP contribution < -0.4 is 5.32 Å². The fourth-order valence-corrected chi connectivity index (χ4v) is 5.30. The van der Waals surface area contributed by atoms with E-state index < -0.39 is 0 Å². The maximum absolute atomic E-state index is 4.75. The van der Waals surface area contributed by atoms with Gasteiger partial charge >= 0.3 is 0 Å². The van der Waals surface area contributed by atoms with E-state index in [1.165, 1.54) is 51.9 Å². The zero-order valence-electron chi connectivity index (χ0n) is 19.1. The topological polar surface area (TPSA) is 74.5 Å². The molecule has 33 heavy (non-hydrogen) atoms. The van der Waals surface area contributed by atoms with Crippen LogP contribution in [0.2, 0.25) is 0 Å². The van der Waals surface area contributed by atoms with Crippen LogP contribution in [0.25, 0.3) is 27.7 Å². The average Bonchev–Trinajstić information content (AvgIpc) is 3.28. The Hall–Kier alpha value is -3.10. The minimum atomic E-state index is 0.445. The molecule has 6 rings (SSSR count). The zero-order valence-corrected chi connectivity index (χ0v) is 19.1. The van der Waals surface area contributed by atoms with Gasteiger partial charge in [0, 0.05) is 62.4 Å². The standard InChI is InChI=1S/C25H30N8/c1-31-12-14-32(15-13-31)20-5-3-19(4-6-20)29-25-28-17-24-21(8-11-33(24)30-25)18-2-7-22-23(16-18)27-10-9-26-22/h2,7-11,16-17,19-20H,3-6,12-15H2,1H3,(H,29,30)/t19-,20-. The Morgan fingerprint density at radius 1 is 0.879 bits per heavy atom. The van der Waals surface area contributed by atoms with Crippen LogP contribution in [0.3, 0.4) is 0 Å². The van der Waals surface area contributed by atoms with Crippen LogP contribution in [0.5, 0.6) is 0 Å². The van der Waals surface area contributed by atoms with Gasteiger partial charge < -0.3 is 10.2 Å². The number of likely N-dealkylation sites (N-methyl/N-ethyl adjacent to an activating group) is 1. The highest BCUT2D eigenvalue weighted by molar-refractivity contribution is 5.86. The number of nitrogens with zero attached hydrogens (tertiary/aromatic N) is 7. The Labute approximate surface area is 193 Å². The van der Waals surface area contributed by atoms with Gasteiger partial charge in [-0.05, 0) is 56.5 Å². The molecule has 1 saturated carbocycles. The summed E-state index contributed by atoms with van der Waals surface area (Å²) in [6.07, 6.45) is 12.2. The SMILES string of the molecule is CN1CCN([C@H]2CC[C@H](Nc3ncc4c(-c5ccc6nccnc6c5)ccn4n3)CC2)CC1. The Bertz CT molecular complexity index is 1250. The number of piperazine rings is 1. The van der Waals surface area contributed by atoms with E-state index in [2.05, 4.69) is 55.3 Å². The lowest BCUT2D eigenvalue weighted by Crippen LogP contribution is -2.50. The van der Waals surface area contributed by atoms with Gasteiger partial charge in [0.2, 0.25) is 5.95 Å². The van der Waals surface area contributed by atoms with Crippen molar-refractivity contribution in [3.63, 3.8) is 0 Å². The summed E-state index contributed by atoms with van der Waals surface area (Å²) in [5.74, 6) is 0.706. The summed E-state index contributed by atoms with van der Waals surface area (Å²) in [5, 5.41) is 8.33. The van der Waals surface area contributed by atoms with Gasteiger partial charge in [0.25, 0.3) is 0 Å². The minimum absolute atomic E-state index is 0.445. The molecule has 0 atom stereocenters. The van der Waals surface area contributed by atoms with Gasteiger partial charge in [0.15, 0.2) is 0 Å². The number of rotatable bonds is 4. The number of nitrogens with one attached hydrogen (secondary N) is 1. The largest absolute Gasteiger partial charge is 0.350 e. The third-order valence-electron chi connectivity index (χ3n) is 7.28. The lowest BCUT2D eigenvalue weighted by molar-refractivity contribution is 0.0893. The summed E-state index contributed by atoms with van der Waals surface area (Å²) >= 11 is 0. The van der Waals surface area contributed by atoms with Crippen LogP contribution in [0.4, 0.5) is 5.95 Å². The number of anilines is 1. The molecule has 8 heteroatoms. The molecule has 2 fully saturated rings. The Balaban J connectivity index is 1.13. The molecule has 170 valence electrons. The van der Waals surface area contributed by atoms with E-state index in [9.17, 15) is 0 Å². The first-order chi connectivity index (χ1) is 16.2. The molecule has 2 aliphatic rings. The maximum Gasteiger partial charge on any atom is 0.241 e. The smallest absolute Gasteiger partial charge is 0.241 e. The molecule has 0 bridgehead atoms. The summed E-state index contributed by atoms with van der Waals surface area (Å²) in [6.45, 7) is 4.80. The number of aromatic nitrogens is 5. The first kappa shape index (κ1) is 20.5. The molecule has 0 radical (unpaired) electrons. The lowest BCUT2D eigenvalue weighted by atomic mass is 9.90. The molecule has 1 aliphatic heterocycles. The molecule has 8 nitrogen and oxygen atoms in total. The Kier molecular flexibility index (Phi) is 5.39. The summed E-state index contributed by atoms with van der Waals surface area (Å²) in [4.78, 5) is 18.6. The number of hydrogen-bond acceptors (Lipinski definition) is 7. The van der Waals surface area contributed by atoms with E-state index >= 15 is 0 Å². The third kappa shape index (κ3) is 4.16. The van der Waals surface area contributed by atoms with E-state index in [4.69, 9.17) is 5.10 Å². The summed E-state index contributed by atoms with van der Waals surface area (Å²) in [6, 6.07) is 9.43. The highest BCUT2D eigenvalue weighted by Gasteiger charge is 2.28. The predicted octanol–water partition coefficient (Wildman–Crippen LogP) is 3.31. The van der Waals surface area contributed by atoms with Crippen molar-refractivity contribution in [3.05, 3.63) is 49.1 Å². The quantitative estimate of drug-likeness (QED) is 0.520. The van der Waals surface area contributed by atoms with Crippen LogP contribution in [0.1, 0.15) is 25.7 Å². The second kappa shape index (κ2) is 8.68. The molecule has 1 aromatic carbocycles. The van der Waals surface area contributed by atoms with Crippen molar-refractivity contribution in [2.24, 2.45) is 0 Å². The molecule has 1 N–H and O–H groups in total. The molecule has 3 aromatic heterocycles. The van der Waals surface area contributed by atoms with Gasteiger partial charge in [-0.25, -0.2) is 9.50 Å². The van der Waals surface area contributed by atoms with Crippen LogP contribution in [-0.4, -0.2) is 79.7 Å². The van der Waals surface area contributed by atoms with E-state index in [1.807, 2.05) is 23.0 Å². The molecule has 4 heterocycles. The lowest BCUT2D eigenvalue weighted by Gasteiger charge is -2.41. The second-order valence-corrected chi connectivity index (χ2v) is 9.39. The van der Waals surface area contributed by atoms with E-state index in [0.717, 1.165) is 33.7 Å². The van der Waals surface area contributed by atoms with Gasteiger partial charge in [-0.15, -0.1) is 5.10 Å². The van der Waals surface area contributed by atoms with Crippen molar-refractivity contribution < 1.29 is 0 Å². The molecule has 1 saturated heterocycles. The summed E-state index contributed by atoms with van der Waals surface area (Å²) < 4.78 is 1.92. The maximum atomic E-state index is 4.75. The highest BCUT2D eigenvalue weighted by Crippen LogP contribution is 2.28. The van der Waals surface area contributed by atoms with Crippen molar-refractivity contribution in [3.8, 4) is 11.1 Å². The van der Waals surface area contributed by atoms with Crippen molar-refractivity contribution in [2.45, 2.75) is 37.8 Å². The third-order valence-corrected chi connectivity index (χ3v) is 7.28. The fourth-order valence-electron chi connectivity index (χ4n) is 5.30. The average molecular weight is 443 g/mol. The first-order valence-electron chi connectivity index (χ1n) is 12.0. The normalized spacial score (nSPS) is 22.7. The molecule has 0 spiro atoms. The monoisotopic (exact) mass is 442 g/mol. The molecular weight excluding hydrogens is 412 g/mol. The van der Waals surface area contributed by atoms with Crippen molar-refractivity contribution in [2.75, 3.05) is 38.5 Å². The first-order valence-corrected chi connectivity index (χ1v) is 12.0. The Morgan fingerprint density at radius 3 is 2.48 bits per heavy atom. The van der Waals surface area contributed by atoms with Crippen LogP contribution in [0.15, 0.2) is 49.1 Å². The summed E-state index contributed by atoms with van der Waals surface area (Å²) in [7, 11) is 2.22. The van der Waals surface area contributed by atoms with E-state index in [1.54, 1.807) is 12.4 Å². The van der Waals surface area contributed by atoms with Crippen molar-refractivity contribution >= 4 is 22.5 Å². The van der Waals surface area contributed by atoms with Crippen LogP contribution >= 0.6 is 0 Å². The molecular formula is C25H30N8. The number of fused-ring (bicyclic) bond motifs is 2. The van der Waals surface area contributed by atoms with Crippen molar-refractivity contribution in [1.82, 2.24) is 34.4 Å². The van der Waals surface area contributed by atoms with Crippen LogP contribution in [-0.2, 0) is 0 Å². The highest BCUT2D eigenvalue weighted by atomic mass is 15.3. The molecule has 1 aliphatic carbocycles. The predicted molar refractivity (Wildman–Crippen MR) is 130 cm³/mol. The van der Waals surface area contributed by atoms with E-state index in [-0.39, 0.29) is 0 Å². The van der Waals surface area contributed by atoms with E-state index in [0.29, 0.717) is 12.0 Å². The number of hydrogen-bond donors (Lipinski definition) is 1. The Morgan fingerprint density at radius 2 is 1.67 bits per heavy atom. The molecule has 4 aromatic rings. The van der Waals surface area contributed by atoms with Gasteiger partial charge in [0.05, 0.1) is 22.7 Å². The zero-order chi connectivity index (χ0) is 22.2. The fraction of sp³-hybridized carbons (Fsp3) is 0.440. The molecule has 0 amide bonds. The van der Waals surface area contributed by atoms with Crippen LogP contribution in [0, 0.1) is 0 Å². The van der Waals surface area contributed by atoms with Crippen molar-refractivity contribution in [1.29, 1.82) is 0 Å². The second-order valence-electron chi connectivity index (χ2n) is 9.39. The number of benzene rings is 1. The minimum Gasteiger partial charge on any atom is -0.350 e.